The van der Waals surface area contributed by atoms with Crippen molar-refractivity contribution in [3.63, 3.8) is 0 Å². The zero-order valence-electron chi connectivity index (χ0n) is 16.3. The van der Waals surface area contributed by atoms with E-state index >= 15 is 0 Å². The maximum atomic E-state index is 13.0. The van der Waals surface area contributed by atoms with Crippen LogP contribution in [0.1, 0.15) is 34.9 Å². The minimum Gasteiger partial charge on any atom is -0.344 e. The van der Waals surface area contributed by atoms with Crippen LogP contribution >= 0.6 is 11.6 Å². The van der Waals surface area contributed by atoms with Gasteiger partial charge in [0.15, 0.2) is 5.69 Å². The number of benzene rings is 2. The molecule has 1 saturated heterocycles. The molecule has 4 rings (SSSR count). The summed E-state index contributed by atoms with van der Waals surface area (Å²) in [5, 5.41) is 9.04. The van der Waals surface area contributed by atoms with E-state index in [1.807, 2.05) is 24.3 Å². The highest BCUT2D eigenvalue weighted by molar-refractivity contribution is 6.31. The lowest BCUT2D eigenvalue weighted by atomic mass is 10.0. The van der Waals surface area contributed by atoms with Gasteiger partial charge in [-0.1, -0.05) is 48.0 Å². The van der Waals surface area contributed by atoms with Gasteiger partial charge in [0.05, 0.1) is 25.0 Å². The molecule has 1 aliphatic rings. The lowest BCUT2D eigenvalue weighted by Crippen LogP contribution is -3.11. The molecule has 2 aromatic carbocycles. The fourth-order valence-corrected chi connectivity index (χ4v) is 4.42. The van der Waals surface area contributed by atoms with Crippen LogP contribution in [0, 0.1) is 0 Å². The third-order valence-electron chi connectivity index (χ3n) is 5.66. The van der Waals surface area contributed by atoms with E-state index in [4.69, 9.17) is 11.6 Å². The number of nitrogens with zero attached hydrogens (tertiary/aromatic N) is 2. The SMILES string of the molecule is Cn1nc(C(=O)NC[C@@H](c2ccccc2Cl)[NH+]2CCCC2)c2ccccc2c1=O. The Morgan fingerprint density at radius 2 is 1.79 bits per heavy atom. The number of nitrogens with one attached hydrogen (secondary N) is 2. The Balaban J connectivity index is 1.62. The van der Waals surface area contributed by atoms with Crippen LogP contribution in [0.5, 0.6) is 0 Å². The van der Waals surface area contributed by atoms with E-state index in [-0.39, 0.29) is 23.2 Å². The van der Waals surface area contributed by atoms with E-state index in [9.17, 15) is 9.59 Å². The Kier molecular flexibility index (Phi) is 5.65. The molecule has 1 fully saturated rings. The molecule has 0 saturated carbocycles. The van der Waals surface area contributed by atoms with Crippen molar-refractivity contribution < 1.29 is 9.69 Å². The molecule has 150 valence electrons. The summed E-state index contributed by atoms with van der Waals surface area (Å²) < 4.78 is 1.22. The predicted octanol–water partition coefficient (Wildman–Crippen LogP) is 1.74. The Labute approximate surface area is 174 Å². The normalized spacial score (nSPS) is 15.5. The monoisotopic (exact) mass is 411 g/mol. The molecule has 6 nitrogen and oxygen atoms in total. The molecule has 0 unspecified atom stereocenters. The number of rotatable bonds is 5. The third kappa shape index (κ3) is 3.91. The molecule has 0 radical (unpaired) electrons. The zero-order valence-corrected chi connectivity index (χ0v) is 17.1. The first-order valence-corrected chi connectivity index (χ1v) is 10.3. The number of carbonyl (C=O) groups excluding carboxylic acids is 1. The minimum atomic E-state index is -0.285. The Morgan fingerprint density at radius 3 is 2.52 bits per heavy atom. The fourth-order valence-electron chi connectivity index (χ4n) is 4.16. The summed E-state index contributed by atoms with van der Waals surface area (Å²) in [5.74, 6) is -0.285. The van der Waals surface area contributed by atoms with Crippen molar-refractivity contribution in [2.45, 2.75) is 18.9 Å². The molecular weight excluding hydrogens is 388 g/mol. The molecule has 0 spiro atoms. The van der Waals surface area contributed by atoms with E-state index in [0.717, 1.165) is 23.7 Å². The number of carbonyl (C=O) groups is 1. The van der Waals surface area contributed by atoms with Gasteiger partial charge in [0, 0.05) is 35.9 Å². The molecule has 7 heteroatoms. The van der Waals surface area contributed by atoms with Crippen molar-refractivity contribution in [2.75, 3.05) is 19.6 Å². The van der Waals surface area contributed by atoms with Crippen LogP contribution in [-0.2, 0) is 7.05 Å². The second-order valence-electron chi connectivity index (χ2n) is 7.47. The maximum Gasteiger partial charge on any atom is 0.274 e. The smallest absolute Gasteiger partial charge is 0.274 e. The summed E-state index contributed by atoms with van der Waals surface area (Å²) in [5.41, 5.74) is 1.09. The lowest BCUT2D eigenvalue weighted by Gasteiger charge is -2.26. The Hall–Kier alpha value is -2.70. The average molecular weight is 412 g/mol. The van der Waals surface area contributed by atoms with Gasteiger partial charge in [-0.05, 0) is 12.1 Å². The summed E-state index contributed by atoms with van der Waals surface area (Å²) in [4.78, 5) is 26.8. The van der Waals surface area contributed by atoms with Gasteiger partial charge in [-0.15, -0.1) is 0 Å². The summed E-state index contributed by atoms with van der Waals surface area (Å²) in [6, 6.07) is 15.0. The zero-order chi connectivity index (χ0) is 20.4. The van der Waals surface area contributed by atoms with Crippen molar-refractivity contribution in [3.8, 4) is 0 Å². The second kappa shape index (κ2) is 8.35. The van der Waals surface area contributed by atoms with Crippen LogP contribution in [0.3, 0.4) is 0 Å². The van der Waals surface area contributed by atoms with Crippen molar-refractivity contribution in [2.24, 2.45) is 7.05 Å². The van der Waals surface area contributed by atoms with Crippen molar-refractivity contribution >= 4 is 28.3 Å². The molecule has 29 heavy (non-hydrogen) atoms. The van der Waals surface area contributed by atoms with E-state index in [0.29, 0.717) is 17.3 Å². The van der Waals surface area contributed by atoms with Crippen molar-refractivity contribution in [1.82, 2.24) is 15.1 Å². The van der Waals surface area contributed by atoms with E-state index < -0.39 is 0 Å². The highest BCUT2D eigenvalue weighted by Crippen LogP contribution is 2.21. The molecule has 2 N–H and O–H groups in total. The highest BCUT2D eigenvalue weighted by atomic mass is 35.5. The summed E-state index contributed by atoms with van der Waals surface area (Å²) in [6.45, 7) is 2.58. The Bertz CT molecular complexity index is 1110. The second-order valence-corrected chi connectivity index (χ2v) is 7.88. The highest BCUT2D eigenvalue weighted by Gasteiger charge is 2.29. The van der Waals surface area contributed by atoms with Gasteiger partial charge in [-0.3, -0.25) is 9.59 Å². The molecule has 3 aromatic rings. The predicted molar refractivity (Wildman–Crippen MR) is 113 cm³/mol. The standard InChI is InChI=1S/C22H23ClN4O2/c1-26-22(29)16-9-3-2-8-15(16)20(25-26)21(28)24-14-19(27-12-6-7-13-27)17-10-4-5-11-18(17)23/h2-5,8-11,19H,6-7,12-14H2,1H3,(H,24,28)/p+1/t19-/m0/s1. The van der Waals surface area contributed by atoms with Gasteiger partial charge in [0.25, 0.3) is 11.5 Å². The summed E-state index contributed by atoms with van der Waals surface area (Å²) in [6.07, 6.45) is 2.36. The molecule has 2 heterocycles. The molecule has 0 bridgehead atoms. The molecule has 0 aliphatic carbocycles. The van der Waals surface area contributed by atoms with Crippen LogP contribution in [0.4, 0.5) is 0 Å². The van der Waals surface area contributed by atoms with E-state index in [1.165, 1.54) is 22.4 Å². The van der Waals surface area contributed by atoms with Crippen LogP contribution in [0.25, 0.3) is 10.8 Å². The summed E-state index contributed by atoms with van der Waals surface area (Å²) in [7, 11) is 1.56. The number of halogens is 1. The lowest BCUT2D eigenvalue weighted by molar-refractivity contribution is -0.918. The Morgan fingerprint density at radius 1 is 1.14 bits per heavy atom. The largest absolute Gasteiger partial charge is 0.344 e. The molecule has 1 aromatic heterocycles. The number of aromatic nitrogens is 2. The fraction of sp³-hybridized carbons (Fsp3) is 0.318. The van der Waals surface area contributed by atoms with Crippen LogP contribution in [0.2, 0.25) is 5.02 Å². The number of hydrogen-bond donors (Lipinski definition) is 2. The van der Waals surface area contributed by atoms with Crippen molar-refractivity contribution in [3.05, 3.63) is 75.2 Å². The number of fused-ring (bicyclic) bond motifs is 1. The molecular formula is C22H24ClN4O2+. The van der Waals surface area contributed by atoms with Crippen LogP contribution in [0.15, 0.2) is 53.3 Å². The van der Waals surface area contributed by atoms with Crippen LogP contribution in [-0.4, -0.2) is 35.3 Å². The van der Waals surface area contributed by atoms with Gasteiger partial charge in [0.1, 0.15) is 6.04 Å². The first kappa shape index (κ1) is 19.6. The average Bonchev–Trinajstić information content (AvgIpc) is 3.26. The number of hydrogen-bond acceptors (Lipinski definition) is 3. The van der Waals surface area contributed by atoms with Gasteiger partial charge >= 0.3 is 0 Å². The third-order valence-corrected chi connectivity index (χ3v) is 6.00. The van der Waals surface area contributed by atoms with Crippen LogP contribution < -0.4 is 15.8 Å². The number of likely N-dealkylation sites (tertiary alicyclic amines) is 1. The summed E-state index contributed by atoms with van der Waals surface area (Å²) >= 11 is 6.47. The first-order chi connectivity index (χ1) is 14.1. The minimum absolute atomic E-state index is 0.0777. The van der Waals surface area contributed by atoms with Gasteiger partial charge in [-0.2, -0.15) is 5.10 Å². The number of quaternary nitrogens is 1. The molecule has 1 amide bonds. The van der Waals surface area contributed by atoms with Crippen molar-refractivity contribution in [1.29, 1.82) is 0 Å². The van der Waals surface area contributed by atoms with E-state index in [1.54, 1.807) is 31.3 Å². The maximum absolute atomic E-state index is 13.0. The quantitative estimate of drug-likeness (QED) is 0.672. The molecule has 1 atom stereocenters. The van der Waals surface area contributed by atoms with Gasteiger partial charge in [0.2, 0.25) is 0 Å². The van der Waals surface area contributed by atoms with Gasteiger partial charge < -0.3 is 10.2 Å². The van der Waals surface area contributed by atoms with E-state index in [2.05, 4.69) is 10.4 Å². The van der Waals surface area contributed by atoms with Gasteiger partial charge in [-0.25, -0.2) is 4.68 Å². The number of amides is 1. The topological polar surface area (TPSA) is 68.4 Å². The number of aryl methyl sites for hydroxylation is 1. The molecule has 1 aliphatic heterocycles. The first-order valence-electron chi connectivity index (χ1n) is 9.89.